The van der Waals surface area contributed by atoms with Crippen molar-refractivity contribution in [3.05, 3.63) is 265 Å². The number of hydrogen-bond donors (Lipinski definition) is 1. The Labute approximate surface area is 396 Å². The highest BCUT2D eigenvalue weighted by atomic mass is 15.2. The van der Waals surface area contributed by atoms with E-state index in [0.717, 1.165) is 17.8 Å². The van der Waals surface area contributed by atoms with Crippen molar-refractivity contribution in [3.63, 3.8) is 0 Å². The van der Waals surface area contributed by atoms with Crippen LogP contribution in [0.4, 0.5) is 11.4 Å². The van der Waals surface area contributed by atoms with E-state index in [9.17, 15) is 0 Å². The molecule has 0 radical (unpaired) electrons. The van der Waals surface area contributed by atoms with Gasteiger partial charge in [0.25, 0.3) is 0 Å². The largest absolute Gasteiger partial charge is 0.388 e. The first-order valence-electron chi connectivity index (χ1n) is 22.8. The van der Waals surface area contributed by atoms with Crippen LogP contribution >= 0.6 is 0 Å². The Balaban J connectivity index is 0.000000429. The van der Waals surface area contributed by atoms with Crippen molar-refractivity contribution >= 4 is 34.2 Å². The minimum atomic E-state index is 0.0891. The summed E-state index contributed by atoms with van der Waals surface area (Å²) in [7, 11) is 1.93. The van der Waals surface area contributed by atoms with Crippen LogP contribution in [0.2, 0.25) is 0 Å². The van der Waals surface area contributed by atoms with Crippen LogP contribution in [-0.2, 0) is 0 Å². The molecule has 0 saturated heterocycles. The van der Waals surface area contributed by atoms with Crippen LogP contribution in [0.3, 0.4) is 0 Å². The van der Waals surface area contributed by atoms with Crippen molar-refractivity contribution < 1.29 is 0 Å². The molecular formula is C64H64N2. The molecule has 0 aliphatic heterocycles. The van der Waals surface area contributed by atoms with E-state index in [0.29, 0.717) is 0 Å². The summed E-state index contributed by atoms with van der Waals surface area (Å²) >= 11 is 0. The molecule has 0 fully saturated rings. The summed E-state index contributed by atoms with van der Waals surface area (Å²) in [5.74, 6) is 0. The van der Waals surface area contributed by atoms with Crippen molar-refractivity contribution in [2.75, 3.05) is 17.3 Å². The molecule has 0 heterocycles. The molecule has 2 heteroatoms. The summed E-state index contributed by atoms with van der Waals surface area (Å²) in [6.07, 6.45) is 26.8. The predicted molar refractivity (Wildman–Crippen MR) is 292 cm³/mol. The fraction of sp³-hybridized carbons (Fsp3) is 0.125. The Morgan fingerprint density at radius 2 is 1.03 bits per heavy atom. The van der Waals surface area contributed by atoms with E-state index in [1.54, 1.807) is 0 Å². The van der Waals surface area contributed by atoms with Gasteiger partial charge in [-0.25, -0.2) is 0 Å². The molecule has 66 heavy (non-hydrogen) atoms. The van der Waals surface area contributed by atoms with E-state index in [4.69, 9.17) is 0 Å². The van der Waals surface area contributed by atoms with Crippen LogP contribution in [0.25, 0.3) is 45.0 Å². The molecule has 0 bridgehead atoms. The second kappa shape index (κ2) is 26.7. The molecule has 0 aliphatic carbocycles. The number of anilines is 2. The predicted octanol–water partition coefficient (Wildman–Crippen LogP) is 17.4. The Kier molecular flexibility index (Phi) is 19.9. The number of nitrogens with one attached hydrogen (secondary N) is 1. The van der Waals surface area contributed by atoms with Crippen molar-refractivity contribution in [3.8, 4) is 35.1 Å². The summed E-state index contributed by atoms with van der Waals surface area (Å²) < 4.78 is 0. The molecule has 0 amide bonds. The molecule has 7 rings (SSSR count). The van der Waals surface area contributed by atoms with Crippen LogP contribution in [0.5, 0.6) is 0 Å². The zero-order valence-corrected chi connectivity index (χ0v) is 39.5. The highest BCUT2D eigenvalue weighted by Gasteiger charge is 2.16. The average molecular weight is 861 g/mol. The summed E-state index contributed by atoms with van der Waals surface area (Å²) in [5, 5.41) is 3.11. The van der Waals surface area contributed by atoms with Gasteiger partial charge in [-0.2, -0.15) is 0 Å². The number of nitrogens with zero attached hydrogens (tertiary/aromatic N) is 1. The maximum atomic E-state index is 4.00. The van der Waals surface area contributed by atoms with Gasteiger partial charge in [0.05, 0.1) is 0 Å². The first-order chi connectivity index (χ1) is 32.4. The van der Waals surface area contributed by atoms with Crippen LogP contribution in [0.15, 0.2) is 242 Å². The topological polar surface area (TPSA) is 15.3 Å². The van der Waals surface area contributed by atoms with E-state index >= 15 is 0 Å². The number of hydrogen-bond acceptors (Lipinski definition) is 2. The molecule has 1 atom stereocenters. The van der Waals surface area contributed by atoms with Crippen LogP contribution in [0.1, 0.15) is 63.3 Å². The number of terminal acetylenes is 1. The van der Waals surface area contributed by atoms with Gasteiger partial charge in [-0.3, -0.25) is 0 Å². The normalized spacial score (nSPS) is 12.4. The molecule has 1 N–H and O–H groups in total. The van der Waals surface area contributed by atoms with Crippen molar-refractivity contribution in [2.45, 2.75) is 47.1 Å². The molecule has 7 aromatic rings. The Bertz CT molecular complexity index is 2700. The van der Waals surface area contributed by atoms with E-state index in [-0.39, 0.29) is 6.04 Å². The van der Waals surface area contributed by atoms with Gasteiger partial charge in [0.1, 0.15) is 0 Å². The van der Waals surface area contributed by atoms with Crippen molar-refractivity contribution in [1.29, 1.82) is 0 Å². The van der Waals surface area contributed by atoms with Crippen LogP contribution in [0, 0.1) is 12.8 Å². The molecule has 1 unspecified atom stereocenters. The van der Waals surface area contributed by atoms with Gasteiger partial charge in [0, 0.05) is 30.2 Å². The minimum absolute atomic E-state index is 0.0891. The van der Waals surface area contributed by atoms with Gasteiger partial charge < -0.3 is 10.2 Å². The number of allylic oxidation sites excluding steroid dienone is 10. The summed E-state index contributed by atoms with van der Waals surface area (Å²) in [5.41, 5.74) is 16.9. The highest BCUT2D eigenvalue weighted by Crippen LogP contribution is 2.31. The molecule has 330 valence electrons. The molecule has 0 saturated carbocycles. The van der Waals surface area contributed by atoms with Crippen molar-refractivity contribution in [2.24, 2.45) is 0 Å². The van der Waals surface area contributed by atoms with E-state index in [2.05, 4.69) is 294 Å². The van der Waals surface area contributed by atoms with Gasteiger partial charge >= 0.3 is 0 Å². The maximum absolute atomic E-state index is 4.00. The number of benzene rings is 7. The quantitative estimate of drug-likeness (QED) is 0.0816. The zero-order chi connectivity index (χ0) is 46.9. The Hall–Kier alpha value is -7.86. The van der Waals surface area contributed by atoms with Crippen LogP contribution < -0.4 is 10.2 Å². The highest BCUT2D eigenvalue weighted by molar-refractivity contribution is 5.84. The summed E-state index contributed by atoms with van der Waals surface area (Å²) in [6.45, 7) is 10.9. The first kappa shape index (κ1) is 49.2. The summed E-state index contributed by atoms with van der Waals surface area (Å²) in [4.78, 5) is 2.43. The average Bonchev–Trinajstić information content (AvgIpc) is 3.39. The zero-order valence-electron chi connectivity index (χ0n) is 39.5. The Morgan fingerprint density at radius 3 is 1.53 bits per heavy atom. The van der Waals surface area contributed by atoms with Gasteiger partial charge in [0.2, 0.25) is 0 Å². The van der Waals surface area contributed by atoms with E-state index in [1.165, 1.54) is 66.9 Å². The van der Waals surface area contributed by atoms with Gasteiger partial charge in [-0.15, -0.1) is 12.8 Å². The standard InChI is InChI=1S/C49H49N.C13H13N.C2H2/c1-6-8-12-19-39(4)50(40(5)37-48(45-24-17-11-18-25-45)36-38(3)43-20-13-9-14-21-43)49-34-32-47(33-35-49)46-30-27-41(28-31-46)26-29-42(7-2)44-22-15-10-16-23-44;1-14-13-9-7-12(8-10-13)11-5-3-2-4-6-11;1-2/h7-37,40H,6H2,1-5H3;2-10,14H,1H3;1-2H/b12-8-,29-26-,38-36+,39-19+,42-7+,48-37+;;. The third-order valence-electron chi connectivity index (χ3n) is 11.2. The maximum Gasteiger partial charge on any atom is 0.0499 e. The second-order valence-corrected chi connectivity index (χ2v) is 15.7. The van der Waals surface area contributed by atoms with Gasteiger partial charge in [-0.1, -0.05) is 219 Å². The summed E-state index contributed by atoms with van der Waals surface area (Å²) in [6, 6.07) is 68.5. The van der Waals surface area contributed by atoms with E-state index < -0.39 is 0 Å². The van der Waals surface area contributed by atoms with Gasteiger partial charge in [0.15, 0.2) is 0 Å². The SMILES string of the molecule is C#C.C/C=C(\C=C/c1ccc(-c2ccc(N(/C(C)=C/C=C\CC)C(C)/C=C(\C=C(/C)c3ccccc3)c3ccccc3)cc2)cc1)c1ccccc1.CNc1ccc(-c2ccccc2)cc1. The molecule has 2 nitrogen and oxygen atoms in total. The Morgan fingerprint density at radius 1 is 0.576 bits per heavy atom. The lowest BCUT2D eigenvalue weighted by atomic mass is 9.97. The minimum Gasteiger partial charge on any atom is -0.388 e. The lowest BCUT2D eigenvalue weighted by Crippen LogP contribution is -2.30. The van der Waals surface area contributed by atoms with Gasteiger partial charge in [-0.05, 0) is 126 Å². The fourth-order valence-corrected chi connectivity index (χ4v) is 7.63. The fourth-order valence-electron chi connectivity index (χ4n) is 7.63. The van der Waals surface area contributed by atoms with Crippen LogP contribution in [-0.4, -0.2) is 13.1 Å². The number of rotatable bonds is 15. The van der Waals surface area contributed by atoms with E-state index in [1.807, 2.05) is 13.1 Å². The smallest absolute Gasteiger partial charge is 0.0499 e. The lowest BCUT2D eigenvalue weighted by Gasteiger charge is -2.31. The molecule has 0 aromatic heterocycles. The monoisotopic (exact) mass is 861 g/mol. The molecular weight excluding hydrogens is 797 g/mol. The first-order valence-corrected chi connectivity index (χ1v) is 22.8. The molecule has 7 aromatic carbocycles. The second-order valence-electron chi connectivity index (χ2n) is 15.7. The third-order valence-corrected chi connectivity index (χ3v) is 11.2. The molecule has 0 aliphatic rings. The molecule has 0 spiro atoms. The lowest BCUT2D eigenvalue weighted by molar-refractivity contribution is 0.821. The van der Waals surface area contributed by atoms with Crippen molar-refractivity contribution in [1.82, 2.24) is 0 Å². The third kappa shape index (κ3) is 14.6.